The van der Waals surface area contributed by atoms with Crippen molar-refractivity contribution >= 4 is 0 Å². The number of aryl methyl sites for hydroxylation is 2. The van der Waals surface area contributed by atoms with Crippen LogP contribution in [0.1, 0.15) is 76.0 Å². The minimum Gasteiger partial charge on any atom is -0.312 e. The topological polar surface area (TPSA) is 12.0 Å². The molecule has 0 spiro atoms. The average molecular weight is 304 g/mol. The Kier molecular flexibility index (Phi) is 9.47. The van der Waals surface area contributed by atoms with Crippen LogP contribution in [-0.4, -0.2) is 6.54 Å². The van der Waals surface area contributed by atoms with Gasteiger partial charge in [-0.1, -0.05) is 75.8 Å². The summed E-state index contributed by atoms with van der Waals surface area (Å²) < 4.78 is 0. The van der Waals surface area contributed by atoms with Gasteiger partial charge in [-0.25, -0.2) is 0 Å². The molecule has 2 rings (SSSR count). The normalized spacial score (nSPS) is 21.1. The van der Waals surface area contributed by atoms with Gasteiger partial charge in [0.25, 0.3) is 0 Å². The molecule has 1 heteroatoms. The summed E-state index contributed by atoms with van der Waals surface area (Å²) in [5, 5.41) is 3.67. The molecule has 0 aromatic heterocycles. The van der Waals surface area contributed by atoms with Crippen molar-refractivity contribution in [2.45, 2.75) is 79.7 Å². The highest BCUT2D eigenvalue weighted by Crippen LogP contribution is 2.31. The predicted octanol–water partition coefficient (Wildman–Crippen LogP) is 6.03. The van der Waals surface area contributed by atoms with Gasteiger partial charge < -0.3 is 5.32 Å². The van der Waals surface area contributed by atoms with Crippen LogP contribution in [0, 0.1) is 25.7 Å². The maximum Gasteiger partial charge on any atom is 0.0205 e. The van der Waals surface area contributed by atoms with E-state index in [4.69, 9.17) is 0 Å². The highest BCUT2D eigenvalue weighted by atomic mass is 14.9. The summed E-state index contributed by atoms with van der Waals surface area (Å²) in [6, 6.07) is 6.86. The first-order chi connectivity index (χ1) is 10.7. The highest BCUT2D eigenvalue weighted by Gasteiger charge is 2.19. The molecule has 1 saturated carbocycles. The van der Waals surface area contributed by atoms with E-state index in [1.807, 2.05) is 13.8 Å². The SMILES string of the molecule is CC.CCCC1CCC(CNCc2cc(C)cc(C)c2)CC1. The summed E-state index contributed by atoms with van der Waals surface area (Å²) in [6.07, 6.45) is 8.60. The minimum absolute atomic E-state index is 0.911. The minimum atomic E-state index is 0.911. The summed E-state index contributed by atoms with van der Waals surface area (Å²) in [6.45, 7) is 12.9. The molecule has 0 amide bonds. The van der Waals surface area contributed by atoms with Crippen LogP contribution in [0.2, 0.25) is 0 Å². The second-order valence-electron chi connectivity index (χ2n) is 6.80. The Balaban J connectivity index is 0.00000116. The van der Waals surface area contributed by atoms with Crippen molar-refractivity contribution in [1.82, 2.24) is 5.32 Å². The van der Waals surface area contributed by atoms with Crippen LogP contribution >= 0.6 is 0 Å². The molecule has 1 nitrogen and oxygen atoms in total. The molecule has 1 fully saturated rings. The first-order valence-corrected chi connectivity index (χ1v) is 9.45. The lowest BCUT2D eigenvalue weighted by molar-refractivity contribution is 0.256. The van der Waals surface area contributed by atoms with Crippen LogP contribution in [0.25, 0.3) is 0 Å². The lowest BCUT2D eigenvalue weighted by Gasteiger charge is -2.28. The van der Waals surface area contributed by atoms with E-state index >= 15 is 0 Å². The van der Waals surface area contributed by atoms with E-state index in [1.54, 1.807) is 0 Å². The Hall–Kier alpha value is -0.820. The molecule has 1 aliphatic rings. The van der Waals surface area contributed by atoms with Crippen LogP contribution in [0.15, 0.2) is 18.2 Å². The van der Waals surface area contributed by atoms with E-state index in [-0.39, 0.29) is 0 Å². The second-order valence-corrected chi connectivity index (χ2v) is 6.80. The second kappa shape index (κ2) is 10.8. The standard InChI is InChI=1S/C19H31N.C2H6/c1-4-5-17-6-8-18(9-7-17)13-20-14-19-11-15(2)10-16(3)12-19;1-2/h10-12,17-18,20H,4-9,13-14H2,1-3H3;1-2H3. The first-order valence-electron chi connectivity index (χ1n) is 9.45. The van der Waals surface area contributed by atoms with Crippen LogP contribution in [0.3, 0.4) is 0 Å². The Morgan fingerprint density at radius 2 is 1.45 bits per heavy atom. The molecule has 0 radical (unpaired) electrons. The van der Waals surface area contributed by atoms with Crippen molar-refractivity contribution < 1.29 is 0 Å². The predicted molar refractivity (Wildman–Crippen MR) is 99.3 cm³/mol. The van der Waals surface area contributed by atoms with Crippen molar-refractivity contribution in [3.63, 3.8) is 0 Å². The summed E-state index contributed by atoms with van der Waals surface area (Å²) in [5.41, 5.74) is 4.19. The zero-order valence-electron chi connectivity index (χ0n) is 15.5. The maximum absolute atomic E-state index is 3.67. The monoisotopic (exact) mass is 303 g/mol. The van der Waals surface area contributed by atoms with E-state index < -0.39 is 0 Å². The highest BCUT2D eigenvalue weighted by molar-refractivity contribution is 5.28. The zero-order chi connectivity index (χ0) is 16.4. The molecule has 126 valence electrons. The quantitative estimate of drug-likeness (QED) is 0.677. The molecule has 0 aliphatic heterocycles. The Labute approximate surface area is 138 Å². The number of hydrogen-bond acceptors (Lipinski definition) is 1. The molecule has 0 bridgehead atoms. The molecule has 1 aromatic carbocycles. The van der Waals surface area contributed by atoms with Gasteiger partial charge in [0.1, 0.15) is 0 Å². The molecule has 0 saturated heterocycles. The summed E-state index contributed by atoms with van der Waals surface area (Å²) >= 11 is 0. The Morgan fingerprint density at radius 1 is 0.909 bits per heavy atom. The molecule has 22 heavy (non-hydrogen) atoms. The van der Waals surface area contributed by atoms with Gasteiger partial charge in [0.15, 0.2) is 0 Å². The van der Waals surface area contributed by atoms with Crippen molar-refractivity contribution in [1.29, 1.82) is 0 Å². The van der Waals surface area contributed by atoms with Gasteiger partial charge in [-0.15, -0.1) is 0 Å². The number of nitrogens with one attached hydrogen (secondary N) is 1. The van der Waals surface area contributed by atoms with Gasteiger partial charge >= 0.3 is 0 Å². The molecule has 1 aromatic rings. The van der Waals surface area contributed by atoms with E-state index in [0.717, 1.165) is 18.4 Å². The van der Waals surface area contributed by atoms with E-state index in [2.05, 4.69) is 44.3 Å². The van der Waals surface area contributed by atoms with Gasteiger partial charge in [-0.2, -0.15) is 0 Å². The third kappa shape index (κ3) is 6.96. The van der Waals surface area contributed by atoms with Gasteiger partial charge in [0.05, 0.1) is 0 Å². The van der Waals surface area contributed by atoms with E-state index in [0.29, 0.717) is 0 Å². The maximum atomic E-state index is 3.67. The summed E-state index contributed by atoms with van der Waals surface area (Å²) in [7, 11) is 0. The molecular weight excluding hydrogens is 266 g/mol. The molecular formula is C21H37N. The molecule has 0 atom stereocenters. The van der Waals surface area contributed by atoms with E-state index in [9.17, 15) is 0 Å². The van der Waals surface area contributed by atoms with Gasteiger partial charge in [-0.05, 0) is 50.6 Å². The third-order valence-electron chi connectivity index (χ3n) is 4.71. The summed E-state index contributed by atoms with van der Waals surface area (Å²) in [5.74, 6) is 1.93. The molecule has 1 N–H and O–H groups in total. The fourth-order valence-corrected chi connectivity index (χ4v) is 3.72. The van der Waals surface area contributed by atoms with Gasteiger partial charge in [0, 0.05) is 6.54 Å². The molecule has 0 unspecified atom stereocenters. The largest absolute Gasteiger partial charge is 0.312 e. The van der Waals surface area contributed by atoms with Crippen molar-refractivity contribution in [2.75, 3.05) is 6.54 Å². The summed E-state index contributed by atoms with van der Waals surface area (Å²) in [4.78, 5) is 0. The van der Waals surface area contributed by atoms with E-state index in [1.165, 1.54) is 61.8 Å². The number of rotatable bonds is 6. The Morgan fingerprint density at radius 3 is 2.00 bits per heavy atom. The van der Waals surface area contributed by atoms with Gasteiger partial charge in [-0.3, -0.25) is 0 Å². The number of benzene rings is 1. The van der Waals surface area contributed by atoms with Crippen LogP contribution in [0.4, 0.5) is 0 Å². The fourth-order valence-electron chi connectivity index (χ4n) is 3.72. The fraction of sp³-hybridized carbons (Fsp3) is 0.714. The zero-order valence-corrected chi connectivity index (χ0v) is 15.5. The lowest BCUT2D eigenvalue weighted by Crippen LogP contribution is -2.26. The van der Waals surface area contributed by atoms with Crippen LogP contribution in [-0.2, 0) is 6.54 Å². The van der Waals surface area contributed by atoms with Crippen LogP contribution < -0.4 is 5.32 Å². The lowest BCUT2D eigenvalue weighted by atomic mass is 9.80. The van der Waals surface area contributed by atoms with Crippen LogP contribution in [0.5, 0.6) is 0 Å². The Bertz CT molecular complexity index is 382. The smallest absolute Gasteiger partial charge is 0.0205 e. The number of hydrogen-bond donors (Lipinski definition) is 1. The molecule has 0 heterocycles. The first kappa shape index (κ1) is 19.2. The van der Waals surface area contributed by atoms with Crippen molar-refractivity contribution in [3.8, 4) is 0 Å². The van der Waals surface area contributed by atoms with Crippen molar-refractivity contribution in [3.05, 3.63) is 34.9 Å². The molecule has 1 aliphatic carbocycles. The van der Waals surface area contributed by atoms with Crippen molar-refractivity contribution in [2.24, 2.45) is 11.8 Å². The third-order valence-corrected chi connectivity index (χ3v) is 4.71. The van der Waals surface area contributed by atoms with Gasteiger partial charge in [0.2, 0.25) is 0 Å². The average Bonchev–Trinajstić information content (AvgIpc) is 2.50.